The van der Waals surface area contributed by atoms with Gasteiger partial charge in [0.15, 0.2) is 0 Å². The third-order valence-electron chi connectivity index (χ3n) is 3.69. The van der Waals surface area contributed by atoms with E-state index in [2.05, 4.69) is 5.32 Å². The largest absolute Gasteiger partial charge is 0.396 e. The van der Waals surface area contributed by atoms with Crippen molar-refractivity contribution in [3.05, 3.63) is 0 Å². The molecule has 1 saturated carbocycles. The van der Waals surface area contributed by atoms with E-state index in [1.165, 1.54) is 0 Å². The molecule has 1 rings (SSSR count). The minimum Gasteiger partial charge on any atom is -0.396 e. The molecule has 3 atom stereocenters. The lowest BCUT2D eigenvalue weighted by atomic mass is 9.83. The molecule has 0 radical (unpaired) electrons. The summed E-state index contributed by atoms with van der Waals surface area (Å²) < 4.78 is 0. The monoisotopic (exact) mass is 242 g/mol. The number of aliphatic hydroxyl groups is 1. The number of nitrogens with two attached hydrogens (primary N) is 1. The molecule has 1 amide bonds. The Morgan fingerprint density at radius 2 is 2.00 bits per heavy atom. The fourth-order valence-electron chi connectivity index (χ4n) is 2.28. The van der Waals surface area contributed by atoms with Crippen molar-refractivity contribution in [2.75, 3.05) is 6.61 Å². The molecule has 0 aromatic heterocycles. The average molecular weight is 242 g/mol. The summed E-state index contributed by atoms with van der Waals surface area (Å²) in [6, 6.07) is -0.404. The van der Waals surface area contributed by atoms with Crippen LogP contribution in [0, 0.1) is 11.3 Å². The van der Waals surface area contributed by atoms with Crippen LogP contribution in [0.1, 0.15) is 46.5 Å². The molecule has 4 N–H and O–H groups in total. The van der Waals surface area contributed by atoms with Crippen molar-refractivity contribution in [1.29, 1.82) is 0 Å². The molecule has 0 saturated heterocycles. The summed E-state index contributed by atoms with van der Waals surface area (Å²) in [5.41, 5.74) is 5.70. The Morgan fingerprint density at radius 1 is 1.41 bits per heavy atom. The molecule has 17 heavy (non-hydrogen) atoms. The third kappa shape index (κ3) is 3.96. The number of amides is 1. The fraction of sp³-hybridized carbons (Fsp3) is 0.923. The number of rotatable bonds is 3. The van der Waals surface area contributed by atoms with Crippen LogP contribution < -0.4 is 11.1 Å². The molecule has 1 aliphatic rings. The van der Waals surface area contributed by atoms with Crippen molar-refractivity contribution in [3.8, 4) is 0 Å². The van der Waals surface area contributed by atoms with Crippen LogP contribution in [0.2, 0.25) is 0 Å². The van der Waals surface area contributed by atoms with Gasteiger partial charge in [-0.2, -0.15) is 0 Å². The molecule has 1 fully saturated rings. The highest BCUT2D eigenvalue weighted by Gasteiger charge is 2.31. The zero-order chi connectivity index (χ0) is 13.1. The van der Waals surface area contributed by atoms with E-state index in [0.29, 0.717) is 0 Å². The standard InChI is InChI=1S/C13H26N2O2/c1-13(2,3)11(14)12(17)15-10-7-5-4-6-9(10)8-16/h9-11,16H,4-8,14H2,1-3H3,(H,15,17). The number of nitrogens with one attached hydrogen (secondary N) is 1. The van der Waals surface area contributed by atoms with Crippen LogP contribution in [0.3, 0.4) is 0 Å². The third-order valence-corrected chi connectivity index (χ3v) is 3.69. The highest BCUT2D eigenvalue weighted by Crippen LogP contribution is 2.25. The second-order valence-electron chi connectivity index (χ2n) is 6.19. The molecule has 0 aromatic carbocycles. The van der Waals surface area contributed by atoms with Gasteiger partial charge < -0.3 is 16.2 Å². The summed E-state index contributed by atoms with van der Waals surface area (Å²) in [6.07, 6.45) is 4.20. The number of carbonyl (C=O) groups excluding carboxylic acids is 1. The molecular formula is C13H26N2O2. The van der Waals surface area contributed by atoms with Crippen LogP contribution in [0.25, 0.3) is 0 Å². The molecule has 0 spiro atoms. The number of aliphatic hydroxyl groups excluding tert-OH is 1. The van der Waals surface area contributed by atoms with E-state index in [1.54, 1.807) is 0 Å². The SMILES string of the molecule is CC(C)(C)C(N)C(=O)NC1CCCCC1CO. The maximum Gasteiger partial charge on any atom is 0.237 e. The zero-order valence-corrected chi connectivity index (χ0v) is 11.2. The van der Waals surface area contributed by atoms with E-state index in [1.807, 2.05) is 20.8 Å². The minimum absolute atomic E-state index is 0.0923. The molecule has 4 nitrogen and oxygen atoms in total. The Bertz CT molecular complexity index is 261. The van der Waals surface area contributed by atoms with Gasteiger partial charge in [-0.05, 0) is 18.3 Å². The molecule has 0 aliphatic heterocycles. The second kappa shape index (κ2) is 5.83. The van der Waals surface area contributed by atoms with Gasteiger partial charge in [0, 0.05) is 18.6 Å². The fourth-order valence-corrected chi connectivity index (χ4v) is 2.28. The van der Waals surface area contributed by atoms with Gasteiger partial charge in [-0.1, -0.05) is 33.6 Å². The van der Waals surface area contributed by atoms with Crippen molar-refractivity contribution in [2.24, 2.45) is 17.1 Å². The lowest BCUT2D eigenvalue weighted by Crippen LogP contribution is -2.53. The van der Waals surface area contributed by atoms with E-state index in [0.717, 1.165) is 25.7 Å². The van der Waals surface area contributed by atoms with Gasteiger partial charge in [-0.15, -0.1) is 0 Å². The molecule has 4 heteroatoms. The van der Waals surface area contributed by atoms with Gasteiger partial charge in [0.2, 0.25) is 5.91 Å². The second-order valence-corrected chi connectivity index (χ2v) is 6.19. The summed E-state index contributed by atoms with van der Waals surface area (Å²) in [5, 5.41) is 12.3. The average Bonchev–Trinajstić information content (AvgIpc) is 2.27. The van der Waals surface area contributed by atoms with E-state index >= 15 is 0 Å². The van der Waals surface area contributed by atoms with E-state index in [4.69, 9.17) is 5.73 Å². The first-order valence-electron chi connectivity index (χ1n) is 6.53. The lowest BCUT2D eigenvalue weighted by molar-refractivity contribution is -0.126. The van der Waals surface area contributed by atoms with Crippen LogP contribution in [0.15, 0.2) is 0 Å². The highest BCUT2D eigenvalue weighted by molar-refractivity contribution is 5.82. The molecule has 0 bridgehead atoms. The number of hydrogen-bond acceptors (Lipinski definition) is 3. The van der Waals surface area contributed by atoms with Crippen LogP contribution in [-0.4, -0.2) is 29.7 Å². The van der Waals surface area contributed by atoms with Gasteiger partial charge in [0.25, 0.3) is 0 Å². The Hall–Kier alpha value is -0.610. The Balaban J connectivity index is 2.55. The van der Waals surface area contributed by atoms with Crippen LogP contribution in [-0.2, 0) is 4.79 Å². The maximum atomic E-state index is 12.0. The van der Waals surface area contributed by atoms with Crippen molar-refractivity contribution in [3.63, 3.8) is 0 Å². The van der Waals surface area contributed by atoms with E-state index < -0.39 is 6.04 Å². The first-order valence-corrected chi connectivity index (χ1v) is 6.53. The van der Waals surface area contributed by atoms with E-state index in [-0.39, 0.29) is 29.9 Å². The molecule has 100 valence electrons. The van der Waals surface area contributed by atoms with Gasteiger partial charge in [0.1, 0.15) is 0 Å². The molecule has 0 heterocycles. The van der Waals surface area contributed by atoms with Crippen molar-refractivity contribution in [2.45, 2.75) is 58.5 Å². The molecule has 1 aliphatic carbocycles. The summed E-state index contributed by atoms with van der Waals surface area (Å²) in [6.45, 7) is 6.03. The maximum absolute atomic E-state index is 12.0. The highest BCUT2D eigenvalue weighted by atomic mass is 16.3. The van der Waals surface area contributed by atoms with Gasteiger partial charge in [-0.3, -0.25) is 4.79 Å². The van der Waals surface area contributed by atoms with Crippen molar-refractivity contribution >= 4 is 5.91 Å². The normalized spacial score (nSPS) is 27.6. The van der Waals surface area contributed by atoms with E-state index in [9.17, 15) is 9.90 Å². The summed E-state index contributed by atoms with van der Waals surface area (Å²) in [4.78, 5) is 12.0. The quantitative estimate of drug-likeness (QED) is 0.692. The van der Waals surface area contributed by atoms with Gasteiger partial charge >= 0.3 is 0 Å². The first kappa shape index (κ1) is 14.5. The molecule has 3 unspecified atom stereocenters. The predicted molar refractivity (Wildman–Crippen MR) is 68.4 cm³/mol. The lowest BCUT2D eigenvalue weighted by Gasteiger charge is -2.33. The number of hydrogen-bond donors (Lipinski definition) is 3. The van der Waals surface area contributed by atoms with Gasteiger partial charge in [-0.25, -0.2) is 0 Å². The smallest absolute Gasteiger partial charge is 0.237 e. The zero-order valence-electron chi connectivity index (χ0n) is 11.2. The number of carbonyl (C=O) groups is 1. The summed E-state index contributed by atoms with van der Waals surface area (Å²) in [5.74, 6) is 0.0997. The Kier molecular flexibility index (Phi) is 4.95. The Morgan fingerprint density at radius 3 is 2.53 bits per heavy atom. The summed E-state index contributed by atoms with van der Waals surface area (Å²) >= 11 is 0. The van der Waals surface area contributed by atoms with Crippen molar-refractivity contribution in [1.82, 2.24) is 5.32 Å². The minimum atomic E-state index is -0.497. The topological polar surface area (TPSA) is 75.4 Å². The molecular weight excluding hydrogens is 216 g/mol. The summed E-state index contributed by atoms with van der Waals surface area (Å²) in [7, 11) is 0. The van der Waals surface area contributed by atoms with Crippen LogP contribution in [0.5, 0.6) is 0 Å². The van der Waals surface area contributed by atoms with Gasteiger partial charge in [0.05, 0.1) is 6.04 Å². The van der Waals surface area contributed by atoms with Crippen LogP contribution in [0.4, 0.5) is 0 Å². The van der Waals surface area contributed by atoms with Crippen LogP contribution >= 0.6 is 0 Å². The predicted octanol–water partition coefficient (Wildman–Crippen LogP) is 1.03. The first-order chi connectivity index (χ1) is 7.86. The molecule has 0 aromatic rings. The Labute approximate surface area is 104 Å². The van der Waals surface area contributed by atoms with Crippen molar-refractivity contribution < 1.29 is 9.90 Å².